The van der Waals surface area contributed by atoms with Crippen molar-refractivity contribution in [2.75, 3.05) is 29.7 Å². The predicted octanol–water partition coefficient (Wildman–Crippen LogP) is 2.30. The molecule has 2 aromatic rings. The van der Waals surface area contributed by atoms with E-state index in [0.717, 1.165) is 22.5 Å². The van der Waals surface area contributed by atoms with Gasteiger partial charge in [0, 0.05) is 35.9 Å². The van der Waals surface area contributed by atoms with E-state index < -0.39 is 10.8 Å². The summed E-state index contributed by atoms with van der Waals surface area (Å²) in [6.45, 7) is 2.08. The second-order valence-corrected chi connectivity index (χ2v) is 6.85. The fourth-order valence-corrected chi connectivity index (χ4v) is 3.17. The highest BCUT2D eigenvalue weighted by Crippen LogP contribution is 2.26. The fourth-order valence-electron chi connectivity index (χ4n) is 1.73. The number of nitrogens with one attached hydrogen (secondary N) is 2. The maximum atomic E-state index is 11.1. The lowest BCUT2D eigenvalue weighted by Crippen LogP contribution is -2.19. The summed E-state index contributed by atoms with van der Waals surface area (Å²) in [5.74, 6) is 2.15. The summed E-state index contributed by atoms with van der Waals surface area (Å²) in [5, 5.41) is 9.40. The molecule has 5 nitrogen and oxygen atoms in total. The van der Waals surface area contributed by atoms with E-state index in [9.17, 15) is 4.21 Å². The molecule has 2 unspecified atom stereocenters. The summed E-state index contributed by atoms with van der Waals surface area (Å²) in [6, 6.07) is 2.25. The monoisotopic (exact) mass is 298 g/mol. The van der Waals surface area contributed by atoms with Crippen LogP contribution in [0.1, 0.15) is 13.3 Å². The number of nitrogens with zero attached hydrogens (tertiary/aromatic N) is 2. The van der Waals surface area contributed by atoms with E-state index in [1.54, 1.807) is 17.6 Å². The largest absolute Gasteiger partial charge is 0.367 e. The molecule has 2 rings (SSSR count). The van der Waals surface area contributed by atoms with Crippen LogP contribution in [0.2, 0.25) is 0 Å². The number of rotatable bonds is 6. The maximum absolute atomic E-state index is 11.1. The van der Waals surface area contributed by atoms with Crippen molar-refractivity contribution in [1.29, 1.82) is 0 Å². The van der Waals surface area contributed by atoms with Crippen molar-refractivity contribution in [3.63, 3.8) is 0 Å². The summed E-state index contributed by atoms with van der Waals surface area (Å²) < 4.78 is 11.1. The maximum Gasteiger partial charge on any atom is 0.225 e. The van der Waals surface area contributed by atoms with Crippen LogP contribution in [0.15, 0.2) is 11.4 Å². The topological polar surface area (TPSA) is 66.9 Å². The first-order chi connectivity index (χ1) is 9.10. The van der Waals surface area contributed by atoms with Gasteiger partial charge < -0.3 is 10.6 Å². The van der Waals surface area contributed by atoms with Gasteiger partial charge in [-0.15, -0.1) is 11.3 Å². The molecule has 0 aliphatic carbocycles. The molecule has 0 bridgehead atoms. The Hall–Kier alpha value is -1.21. The van der Waals surface area contributed by atoms with Gasteiger partial charge >= 0.3 is 0 Å². The van der Waals surface area contributed by atoms with Crippen LogP contribution in [0.25, 0.3) is 10.2 Å². The highest BCUT2D eigenvalue weighted by molar-refractivity contribution is 7.84. The van der Waals surface area contributed by atoms with E-state index in [1.807, 2.05) is 18.5 Å². The molecule has 19 heavy (non-hydrogen) atoms. The molecule has 2 atom stereocenters. The molecule has 0 aromatic carbocycles. The zero-order valence-corrected chi connectivity index (χ0v) is 12.9. The standard InChI is InChI=1S/C12H18N4OS2/c1-8(5-7-19(3)17)14-10-9-4-6-18-11(9)16-12(13-2)15-10/h4,6,8H,5,7H2,1-3H3,(H2,13,14,15,16). The molecule has 0 saturated carbocycles. The van der Waals surface area contributed by atoms with Crippen LogP contribution in [0, 0.1) is 0 Å². The van der Waals surface area contributed by atoms with Crippen LogP contribution in [-0.4, -0.2) is 39.3 Å². The second kappa shape index (κ2) is 6.29. The lowest BCUT2D eigenvalue weighted by Gasteiger charge is -2.15. The van der Waals surface area contributed by atoms with Crippen molar-refractivity contribution < 1.29 is 4.21 Å². The van der Waals surface area contributed by atoms with E-state index >= 15 is 0 Å². The van der Waals surface area contributed by atoms with Crippen LogP contribution in [-0.2, 0) is 10.8 Å². The Morgan fingerprint density at radius 2 is 2.26 bits per heavy atom. The third kappa shape index (κ3) is 3.63. The van der Waals surface area contributed by atoms with Gasteiger partial charge in [0.1, 0.15) is 10.6 Å². The van der Waals surface area contributed by atoms with E-state index in [-0.39, 0.29) is 6.04 Å². The molecule has 0 aliphatic rings. The number of aromatic nitrogens is 2. The van der Waals surface area contributed by atoms with Gasteiger partial charge in [-0.25, -0.2) is 4.98 Å². The zero-order valence-electron chi connectivity index (χ0n) is 11.3. The number of fused-ring (bicyclic) bond motifs is 1. The molecule has 2 heterocycles. The van der Waals surface area contributed by atoms with E-state index in [2.05, 4.69) is 27.5 Å². The summed E-state index contributed by atoms with van der Waals surface area (Å²) in [4.78, 5) is 9.83. The van der Waals surface area contributed by atoms with Crippen molar-refractivity contribution >= 4 is 44.1 Å². The summed E-state index contributed by atoms with van der Waals surface area (Å²) in [5.41, 5.74) is 0. The van der Waals surface area contributed by atoms with Crippen molar-refractivity contribution in [3.8, 4) is 0 Å². The average molecular weight is 298 g/mol. The Kier molecular flexibility index (Phi) is 4.71. The Bertz CT molecular complexity index is 584. The van der Waals surface area contributed by atoms with Gasteiger partial charge in [-0.05, 0) is 24.8 Å². The quantitative estimate of drug-likeness (QED) is 0.856. The van der Waals surface area contributed by atoms with Gasteiger partial charge in [-0.2, -0.15) is 4.98 Å². The van der Waals surface area contributed by atoms with Crippen molar-refractivity contribution in [3.05, 3.63) is 11.4 Å². The minimum atomic E-state index is -0.753. The van der Waals surface area contributed by atoms with Gasteiger partial charge in [0.2, 0.25) is 5.95 Å². The molecule has 0 fully saturated rings. The SMILES string of the molecule is CNc1nc(NC(C)CCS(C)=O)c2ccsc2n1. The molecule has 104 valence electrons. The normalized spacial score (nSPS) is 14.3. The minimum absolute atomic E-state index is 0.228. The molecule has 0 saturated heterocycles. The van der Waals surface area contributed by atoms with Gasteiger partial charge in [0.05, 0.1) is 5.39 Å². The first-order valence-electron chi connectivity index (χ1n) is 6.09. The summed E-state index contributed by atoms with van der Waals surface area (Å²) in [6.07, 6.45) is 2.58. The molecule has 0 amide bonds. The fraction of sp³-hybridized carbons (Fsp3) is 0.500. The van der Waals surface area contributed by atoms with Crippen LogP contribution in [0.5, 0.6) is 0 Å². The van der Waals surface area contributed by atoms with Crippen LogP contribution in [0.3, 0.4) is 0 Å². The number of hydrogen-bond acceptors (Lipinski definition) is 6. The molecule has 0 aliphatic heterocycles. The Labute approximate surface area is 119 Å². The smallest absolute Gasteiger partial charge is 0.225 e. The number of hydrogen-bond donors (Lipinski definition) is 2. The van der Waals surface area contributed by atoms with Crippen molar-refractivity contribution in [2.24, 2.45) is 0 Å². The van der Waals surface area contributed by atoms with E-state index in [1.165, 1.54) is 0 Å². The minimum Gasteiger partial charge on any atom is -0.367 e. The van der Waals surface area contributed by atoms with Gasteiger partial charge in [-0.3, -0.25) is 4.21 Å². The lowest BCUT2D eigenvalue weighted by molar-refractivity contribution is 0.678. The van der Waals surface area contributed by atoms with Crippen molar-refractivity contribution in [2.45, 2.75) is 19.4 Å². The zero-order chi connectivity index (χ0) is 13.8. The Morgan fingerprint density at radius 1 is 1.47 bits per heavy atom. The molecule has 0 radical (unpaired) electrons. The van der Waals surface area contributed by atoms with Gasteiger partial charge in [-0.1, -0.05) is 0 Å². The van der Waals surface area contributed by atoms with Gasteiger partial charge in [0.15, 0.2) is 0 Å². The number of thiophene rings is 1. The Balaban J connectivity index is 2.18. The summed E-state index contributed by atoms with van der Waals surface area (Å²) >= 11 is 1.60. The average Bonchev–Trinajstić information content (AvgIpc) is 2.84. The third-order valence-corrected chi connectivity index (χ3v) is 4.39. The summed E-state index contributed by atoms with van der Waals surface area (Å²) in [7, 11) is 1.06. The molecule has 2 N–H and O–H groups in total. The predicted molar refractivity (Wildman–Crippen MR) is 83.6 cm³/mol. The highest BCUT2D eigenvalue weighted by Gasteiger charge is 2.11. The van der Waals surface area contributed by atoms with Gasteiger partial charge in [0.25, 0.3) is 0 Å². The van der Waals surface area contributed by atoms with Crippen LogP contribution < -0.4 is 10.6 Å². The Morgan fingerprint density at radius 3 is 2.95 bits per heavy atom. The second-order valence-electron chi connectivity index (χ2n) is 4.40. The lowest BCUT2D eigenvalue weighted by atomic mass is 10.2. The highest BCUT2D eigenvalue weighted by atomic mass is 32.2. The van der Waals surface area contributed by atoms with Crippen LogP contribution in [0.4, 0.5) is 11.8 Å². The molecular weight excluding hydrogens is 280 g/mol. The molecule has 2 aromatic heterocycles. The van der Waals surface area contributed by atoms with Crippen molar-refractivity contribution in [1.82, 2.24) is 9.97 Å². The van der Waals surface area contributed by atoms with E-state index in [4.69, 9.17) is 0 Å². The third-order valence-electron chi connectivity index (χ3n) is 2.77. The van der Waals surface area contributed by atoms with E-state index in [0.29, 0.717) is 11.7 Å². The molecule has 7 heteroatoms. The molecule has 0 spiro atoms. The van der Waals surface area contributed by atoms with Crippen LogP contribution >= 0.6 is 11.3 Å². The first kappa shape index (κ1) is 14.2. The first-order valence-corrected chi connectivity index (χ1v) is 8.70. The molecular formula is C12H18N4OS2. The number of anilines is 2.